The Bertz CT molecular complexity index is 458. The maximum Gasteiger partial charge on any atom is 0.123 e. The Morgan fingerprint density at radius 3 is 2.60 bits per heavy atom. The molecule has 1 aliphatic carbocycles. The number of hydrazine groups is 1. The molecule has 112 valence electrons. The van der Waals surface area contributed by atoms with Crippen molar-refractivity contribution in [3.8, 4) is 0 Å². The van der Waals surface area contributed by atoms with Crippen LogP contribution >= 0.6 is 15.9 Å². The number of halogens is 2. The number of nitrogens with two attached hydrogens (primary N) is 1. The molecule has 20 heavy (non-hydrogen) atoms. The zero-order valence-corrected chi connectivity index (χ0v) is 13.7. The summed E-state index contributed by atoms with van der Waals surface area (Å²) in [5, 5.41) is 0. The van der Waals surface area contributed by atoms with Gasteiger partial charge >= 0.3 is 0 Å². The molecular formula is C15H23BrFN3. The van der Waals surface area contributed by atoms with E-state index in [2.05, 4.69) is 40.4 Å². The molecule has 0 aromatic heterocycles. The second-order valence-electron chi connectivity index (χ2n) is 5.86. The first-order chi connectivity index (χ1) is 9.49. The Labute approximate surface area is 128 Å². The summed E-state index contributed by atoms with van der Waals surface area (Å²) in [6.45, 7) is 0. The van der Waals surface area contributed by atoms with E-state index in [1.807, 2.05) is 0 Å². The van der Waals surface area contributed by atoms with Crippen molar-refractivity contribution in [2.75, 3.05) is 14.1 Å². The predicted octanol–water partition coefficient (Wildman–Crippen LogP) is 2.84. The van der Waals surface area contributed by atoms with Crippen LogP contribution in [0.4, 0.5) is 4.39 Å². The molecule has 2 rings (SSSR count). The van der Waals surface area contributed by atoms with Crippen LogP contribution in [0.5, 0.6) is 0 Å². The Morgan fingerprint density at radius 2 is 2.05 bits per heavy atom. The molecule has 0 aliphatic heterocycles. The fraction of sp³-hybridized carbons (Fsp3) is 0.600. The summed E-state index contributed by atoms with van der Waals surface area (Å²) in [6, 6.07) is 4.93. The van der Waals surface area contributed by atoms with E-state index in [0.29, 0.717) is 6.42 Å². The monoisotopic (exact) mass is 343 g/mol. The van der Waals surface area contributed by atoms with E-state index in [9.17, 15) is 4.39 Å². The number of hydrogen-bond donors (Lipinski definition) is 2. The number of hydrogen-bond acceptors (Lipinski definition) is 3. The van der Waals surface area contributed by atoms with Gasteiger partial charge in [0, 0.05) is 16.1 Å². The highest BCUT2D eigenvalue weighted by molar-refractivity contribution is 9.10. The van der Waals surface area contributed by atoms with Crippen LogP contribution in [0.3, 0.4) is 0 Å². The number of nitrogens with one attached hydrogen (secondary N) is 1. The van der Waals surface area contributed by atoms with Gasteiger partial charge in [0.05, 0.1) is 0 Å². The van der Waals surface area contributed by atoms with Crippen LogP contribution in [-0.4, -0.2) is 30.6 Å². The number of rotatable bonds is 5. The van der Waals surface area contributed by atoms with Crippen LogP contribution in [-0.2, 0) is 6.42 Å². The van der Waals surface area contributed by atoms with E-state index in [1.165, 1.54) is 18.9 Å². The third kappa shape index (κ3) is 3.06. The molecule has 1 atom stereocenters. The number of likely N-dealkylation sites (N-methyl/N-ethyl adjacent to an activating group) is 1. The molecular weight excluding hydrogens is 321 g/mol. The minimum atomic E-state index is -0.204. The van der Waals surface area contributed by atoms with E-state index in [1.54, 1.807) is 12.1 Å². The molecule has 0 radical (unpaired) electrons. The predicted molar refractivity (Wildman–Crippen MR) is 83.8 cm³/mol. The van der Waals surface area contributed by atoms with Gasteiger partial charge in [0.25, 0.3) is 0 Å². The summed E-state index contributed by atoms with van der Waals surface area (Å²) >= 11 is 3.50. The lowest BCUT2D eigenvalue weighted by Crippen LogP contribution is -2.60. The van der Waals surface area contributed by atoms with Gasteiger partial charge in [-0.15, -0.1) is 0 Å². The molecule has 0 amide bonds. The molecule has 0 saturated heterocycles. The second kappa shape index (κ2) is 6.52. The highest BCUT2D eigenvalue weighted by Gasteiger charge is 2.42. The fourth-order valence-corrected chi connectivity index (χ4v) is 3.83. The lowest BCUT2D eigenvalue weighted by atomic mass is 9.83. The summed E-state index contributed by atoms with van der Waals surface area (Å²) < 4.78 is 14.4. The Balaban J connectivity index is 2.26. The zero-order valence-electron chi connectivity index (χ0n) is 12.1. The standard InChI is InChI=1S/C15H23BrFN3/c1-20(2)15(7-3-4-8-15)14(19-18)10-11-9-12(17)5-6-13(11)16/h5-6,9,14,19H,3-4,7-8,10,18H2,1-2H3. The lowest BCUT2D eigenvalue weighted by molar-refractivity contribution is 0.104. The molecule has 0 spiro atoms. The van der Waals surface area contributed by atoms with Gasteiger partial charge in [-0.3, -0.25) is 11.3 Å². The third-order valence-corrected chi connectivity index (χ3v) is 5.42. The molecule has 1 saturated carbocycles. The molecule has 5 heteroatoms. The first-order valence-corrected chi connectivity index (χ1v) is 7.86. The molecule has 3 N–H and O–H groups in total. The first kappa shape index (κ1) is 15.9. The van der Waals surface area contributed by atoms with Crippen LogP contribution in [0, 0.1) is 5.82 Å². The summed E-state index contributed by atoms with van der Waals surface area (Å²) in [4.78, 5) is 2.28. The molecule has 0 heterocycles. The molecule has 1 aliphatic rings. The summed E-state index contributed by atoms with van der Waals surface area (Å²) in [7, 11) is 4.21. The van der Waals surface area contributed by atoms with Gasteiger partial charge in [-0.1, -0.05) is 28.8 Å². The van der Waals surface area contributed by atoms with Crippen LogP contribution in [0.2, 0.25) is 0 Å². The number of nitrogens with zero attached hydrogens (tertiary/aromatic N) is 1. The Hall–Kier alpha value is -0.490. The number of benzene rings is 1. The summed E-state index contributed by atoms with van der Waals surface area (Å²) in [5.74, 6) is 5.62. The quantitative estimate of drug-likeness (QED) is 0.638. The smallest absolute Gasteiger partial charge is 0.123 e. The maximum absolute atomic E-state index is 13.4. The van der Waals surface area contributed by atoms with Crippen molar-refractivity contribution >= 4 is 15.9 Å². The largest absolute Gasteiger partial charge is 0.302 e. The maximum atomic E-state index is 13.4. The van der Waals surface area contributed by atoms with Crippen molar-refractivity contribution in [2.24, 2.45) is 5.84 Å². The van der Waals surface area contributed by atoms with Crippen molar-refractivity contribution in [3.05, 3.63) is 34.1 Å². The molecule has 0 bridgehead atoms. The topological polar surface area (TPSA) is 41.3 Å². The lowest BCUT2D eigenvalue weighted by Gasteiger charge is -2.43. The van der Waals surface area contributed by atoms with Crippen LogP contribution in [0.25, 0.3) is 0 Å². The highest BCUT2D eigenvalue weighted by atomic mass is 79.9. The summed E-state index contributed by atoms with van der Waals surface area (Å²) in [5.41, 5.74) is 3.99. The molecule has 1 aromatic carbocycles. The van der Waals surface area contributed by atoms with Crippen molar-refractivity contribution < 1.29 is 4.39 Å². The minimum Gasteiger partial charge on any atom is -0.302 e. The first-order valence-electron chi connectivity index (χ1n) is 7.07. The zero-order chi connectivity index (χ0) is 14.8. The van der Waals surface area contributed by atoms with Crippen molar-refractivity contribution in [1.29, 1.82) is 0 Å². The van der Waals surface area contributed by atoms with E-state index >= 15 is 0 Å². The molecule has 3 nitrogen and oxygen atoms in total. The second-order valence-corrected chi connectivity index (χ2v) is 6.72. The van der Waals surface area contributed by atoms with Crippen molar-refractivity contribution in [1.82, 2.24) is 10.3 Å². The van der Waals surface area contributed by atoms with Gasteiger partial charge in [0.15, 0.2) is 0 Å². The average Bonchev–Trinajstić information content (AvgIpc) is 2.90. The van der Waals surface area contributed by atoms with Crippen molar-refractivity contribution in [3.63, 3.8) is 0 Å². The Morgan fingerprint density at radius 1 is 1.40 bits per heavy atom. The van der Waals surface area contributed by atoms with E-state index in [4.69, 9.17) is 5.84 Å². The minimum absolute atomic E-state index is 0.0561. The van der Waals surface area contributed by atoms with Gasteiger partial charge in [0.1, 0.15) is 5.82 Å². The molecule has 1 unspecified atom stereocenters. The van der Waals surface area contributed by atoms with Crippen LogP contribution in [0.1, 0.15) is 31.2 Å². The summed E-state index contributed by atoms with van der Waals surface area (Å²) in [6.07, 6.45) is 5.41. The fourth-order valence-electron chi connectivity index (χ4n) is 3.42. The Kier molecular flexibility index (Phi) is 5.18. The SMILES string of the molecule is CN(C)C1(C(Cc2cc(F)ccc2Br)NN)CCCC1. The normalized spacial score (nSPS) is 19.5. The van der Waals surface area contributed by atoms with Crippen LogP contribution in [0.15, 0.2) is 22.7 Å². The van der Waals surface area contributed by atoms with Gasteiger partial charge in [-0.2, -0.15) is 0 Å². The molecule has 1 aromatic rings. The molecule has 1 fully saturated rings. The third-order valence-electron chi connectivity index (χ3n) is 4.64. The van der Waals surface area contributed by atoms with Gasteiger partial charge < -0.3 is 4.90 Å². The van der Waals surface area contributed by atoms with Crippen LogP contribution < -0.4 is 11.3 Å². The average molecular weight is 344 g/mol. The highest BCUT2D eigenvalue weighted by Crippen LogP contribution is 2.38. The van der Waals surface area contributed by atoms with Gasteiger partial charge in [0.2, 0.25) is 0 Å². The van der Waals surface area contributed by atoms with E-state index < -0.39 is 0 Å². The van der Waals surface area contributed by atoms with E-state index in [0.717, 1.165) is 22.9 Å². The van der Waals surface area contributed by atoms with Gasteiger partial charge in [-0.05, 0) is 57.1 Å². The van der Waals surface area contributed by atoms with Crippen molar-refractivity contribution in [2.45, 2.75) is 43.7 Å². The van der Waals surface area contributed by atoms with Gasteiger partial charge in [-0.25, -0.2) is 4.39 Å². The van der Waals surface area contributed by atoms with E-state index in [-0.39, 0.29) is 17.4 Å².